The second-order valence-corrected chi connectivity index (χ2v) is 9.30. The van der Waals surface area contributed by atoms with Gasteiger partial charge in [-0.3, -0.25) is 9.59 Å². The van der Waals surface area contributed by atoms with Gasteiger partial charge in [-0.15, -0.1) is 6.42 Å². The van der Waals surface area contributed by atoms with Gasteiger partial charge < -0.3 is 30.5 Å². The van der Waals surface area contributed by atoms with Crippen LogP contribution < -0.4 is 16.0 Å². The molecule has 1 unspecified atom stereocenters. The maximum absolute atomic E-state index is 12.6. The van der Waals surface area contributed by atoms with Crippen LogP contribution in [0.3, 0.4) is 0 Å². The van der Waals surface area contributed by atoms with Crippen molar-refractivity contribution in [1.82, 2.24) is 10.6 Å². The molecular weight excluding hydrogens is 510 g/mol. The number of fused-ring (bicyclic) bond motifs is 3. The number of carbonyl (C=O) groups excluding carboxylic acids is 3. The number of aliphatic hydroxyl groups excluding tert-OH is 1. The Morgan fingerprint density at radius 2 is 1.68 bits per heavy atom. The zero-order valence-corrected chi connectivity index (χ0v) is 22.1. The summed E-state index contributed by atoms with van der Waals surface area (Å²) >= 11 is 0. The molecule has 0 aromatic heterocycles. The van der Waals surface area contributed by atoms with E-state index in [4.69, 9.17) is 15.9 Å². The number of nitrogens with one attached hydrogen (secondary N) is 3. The van der Waals surface area contributed by atoms with Gasteiger partial charge in [0.2, 0.25) is 11.8 Å². The van der Waals surface area contributed by atoms with Crippen molar-refractivity contribution in [2.45, 2.75) is 32.1 Å². The van der Waals surface area contributed by atoms with Crippen LogP contribution in [0, 0.1) is 12.3 Å². The predicted octanol–water partition coefficient (Wildman–Crippen LogP) is 3.31. The highest BCUT2D eigenvalue weighted by molar-refractivity contribution is 5.97. The SMILES string of the molecule is C#CCOCc1cc(NC(=O)C(C)NC(=O)CNC(=O)OCC2c3ccccc3-c3ccccc32)ccc1CO. The minimum atomic E-state index is -0.879. The van der Waals surface area contributed by atoms with E-state index < -0.39 is 23.9 Å². The van der Waals surface area contributed by atoms with E-state index in [0.717, 1.165) is 22.3 Å². The van der Waals surface area contributed by atoms with Gasteiger partial charge in [0.25, 0.3) is 0 Å². The normalized spacial score (nSPS) is 12.4. The average molecular weight is 542 g/mol. The Hall–Kier alpha value is -4.65. The summed E-state index contributed by atoms with van der Waals surface area (Å²) in [5.41, 5.74) is 6.22. The molecule has 1 aliphatic carbocycles. The van der Waals surface area contributed by atoms with Crippen LogP contribution in [-0.4, -0.2) is 48.8 Å². The molecule has 4 N–H and O–H groups in total. The molecule has 0 aliphatic heterocycles. The van der Waals surface area contributed by atoms with Crippen molar-refractivity contribution in [3.05, 3.63) is 89.0 Å². The fourth-order valence-corrected chi connectivity index (χ4v) is 4.62. The third-order valence-electron chi connectivity index (χ3n) is 6.59. The molecule has 0 heterocycles. The second kappa shape index (κ2) is 13.4. The molecule has 0 saturated heterocycles. The first-order valence-electron chi connectivity index (χ1n) is 12.8. The van der Waals surface area contributed by atoms with E-state index in [1.165, 1.54) is 6.92 Å². The molecule has 4 rings (SSSR count). The van der Waals surface area contributed by atoms with Gasteiger partial charge in [-0.2, -0.15) is 0 Å². The number of amides is 3. The van der Waals surface area contributed by atoms with Gasteiger partial charge in [-0.05, 0) is 52.4 Å². The molecule has 0 saturated carbocycles. The molecule has 3 aromatic rings. The molecule has 0 fully saturated rings. The molecule has 40 heavy (non-hydrogen) atoms. The Kier molecular flexibility index (Phi) is 9.52. The quantitative estimate of drug-likeness (QED) is 0.218. The molecule has 1 aliphatic rings. The third kappa shape index (κ3) is 6.86. The number of hydrogen-bond donors (Lipinski definition) is 4. The van der Waals surface area contributed by atoms with Gasteiger partial charge in [0.1, 0.15) is 25.8 Å². The first kappa shape index (κ1) is 28.4. The van der Waals surface area contributed by atoms with Crippen LogP contribution in [0.5, 0.6) is 0 Å². The summed E-state index contributed by atoms with van der Waals surface area (Å²) in [6.07, 6.45) is 4.47. The number of carbonyl (C=O) groups is 3. The van der Waals surface area contributed by atoms with Crippen molar-refractivity contribution in [1.29, 1.82) is 0 Å². The molecular formula is C31H31N3O6. The lowest BCUT2D eigenvalue weighted by Crippen LogP contribution is -2.46. The fraction of sp³-hybridized carbons (Fsp3) is 0.258. The van der Waals surface area contributed by atoms with Gasteiger partial charge in [-0.1, -0.05) is 60.5 Å². The second-order valence-electron chi connectivity index (χ2n) is 9.30. The maximum atomic E-state index is 12.6. The first-order chi connectivity index (χ1) is 19.4. The van der Waals surface area contributed by atoms with Gasteiger partial charge in [0, 0.05) is 11.6 Å². The Morgan fingerprint density at radius 3 is 2.33 bits per heavy atom. The third-order valence-corrected chi connectivity index (χ3v) is 6.59. The van der Waals surface area contributed by atoms with Gasteiger partial charge >= 0.3 is 6.09 Å². The van der Waals surface area contributed by atoms with E-state index in [1.807, 2.05) is 36.4 Å². The summed E-state index contributed by atoms with van der Waals surface area (Å²) in [4.78, 5) is 37.3. The molecule has 0 bridgehead atoms. The molecule has 9 nitrogen and oxygen atoms in total. The van der Waals surface area contributed by atoms with E-state index >= 15 is 0 Å². The Labute approximate surface area is 232 Å². The lowest BCUT2D eigenvalue weighted by molar-refractivity contribution is -0.125. The molecule has 1 atom stereocenters. The standard InChI is InChI=1S/C31H31N3O6/c1-3-14-39-18-22-15-23(13-12-21(22)17-35)34-30(37)20(2)33-29(36)16-32-31(38)40-19-28-26-10-6-4-8-24(26)25-9-5-7-11-27(25)28/h1,4-13,15,20,28,35H,14,16-19H2,2H3,(H,32,38)(H,33,36)(H,34,37). The highest BCUT2D eigenvalue weighted by Gasteiger charge is 2.29. The highest BCUT2D eigenvalue weighted by atomic mass is 16.5. The Balaban J connectivity index is 1.23. The first-order valence-corrected chi connectivity index (χ1v) is 12.8. The van der Waals surface area contributed by atoms with E-state index in [0.29, 0.717) is 16.8 Å². The maximum Gasteiger partial charge on any atom is 0.407 e. The van der Waals surface area contributed by atoms with Crippen molar-refractivity contribution in [3.63, 3.8) is 0 Å². The van der Waals surface area contributed by atoms with Crippen LogP contribution in [0.15, 0.2) is 66.7 Å². The minimum absolute atomic E-state index is 0.0912. The van der Waals surface area contributed by atoms with Crippen LogP contribution in [0.25, 0.3) is 11.1 Å². The monoisotopic (exact) mass is 541 g/mol. The Bertz CT molecular complexity index is 1390. The summed E-state index contributed by atoms with van der Waals surface area (Å²) in [5.74, 6) is 1.28. The molecule has 206 valence electrons. The molecule has 0 spiro atoms. The predicted molar refractivity (Wildman–Crippen MR) is 150 cm³/mol. The molecule has 9 heteroatoms. The smallest absolute Gasteiger partial charge is 0.407 e. The summed E-state index contributed by atoms with van der Waals surface area (Å²) < 4.78 is 10.8. The van der Waals surface area contributed by atoms with Crippen LogP contribution in [0.4, 0.5) is 10.5 Å². The number of alkyl carbamates (subject to hydrolysis) is 1. The van der Waals surface area contributed by atoms with Crippen LogP contribution in [-0.2, 0) is 32.3 Å². The van der Waals surface area contributed by atoms with Gasteiger partial charge in [-0.25, -0.2) is 4.79 Å². The number of terminal acetylenes is 1. The topological polar surface area (TPSA) is 126 Å². The highest BCUT2D eigenvalue weighted by Crippen LogP contribution is 2.44. The largest absolute Gasteiger partial charge is 0.449 e. The average Bonchev–Trinajstić information content (AvgIpc) is 3.29. The molecule has 3 aromatic carbocycles. The summed E-state index contributed by atoms with van der Waals surface area (Å²) in [6.45, 7) is 1.42. The van der Waals surface area contributed by atoms with E-state index in [9.17, 15) is 19.5 Å². The van der Waals surface area contributed by atoms with Gasteiger partial charge in [0.05, 0.1) is 13.2 Å². The zero-order chi connectivity index (χ0) is 28.5. The minimum Gasteiger partial charge on any atom is -0.449 e. The van der Waals surface area contributed by atoms with Crippen molar-refractivity contribution < 1.29 is 29.0 Å². The van der Waals surface area contributed by atoms with Crippen LogP contribution >= 0.6 is 0 Å². The van der Waals surface area contributed by atoms with E-state index in [2.05, 4.69) is 34.0 Å². The fourth-order valence-electron chi connectivity index (χ4n) is 4.62. The lowest BCUT2D eigenvalue weighted by Gasteiger charge is -2.16. The molecule has 3 amide bonds. The van der Waals surface area contributed by atoms with E-state index in [-0.39, 0.29) is 38.9 Å². The number of ether oxygens (including phenoxy) is 2. The van der Waals surface area contributed by atoms with Crippen molar-refractivity contribution in [3.8, 4) is 23.5 Å². The summed E-state index contributed by atoms with van der Waals surface area (Å²) in [5, 5.41) is 17.2. The van der Waals surface area contributed by atoms with Crippen molar-refractivity contribution >= 4 is 23.6 Å². The zero-order valence-electron chi connectivity index (χ0n) is 22.1. The van der Waals surface area contributed by atoms with Gasteiger partial charge in [0.15, 0.2) is 0 Å². The lowest BCUT2D eigenvalue weighted by atomic mass is 9.98. The number of rotatable bonds is 11. The number of aliphatic hydroxyl groups is 1. The summed E-state index contributed by atoms with van der Waals surface area (Å²) in [7, 11) is 0. The van der Waals surface area contributed by atoms with Crippen molar-refractivity contribution in [2.75, 3.05) is 25.1 Å². The van der Waals surface area contributed by atoms with E-state index in [1.54, 1.807) is 18.2 Å². The van der Waals surface area contributed by atoms with Crippen LogP contribution in [0.2, 0.25) is 0 Å². The summed E-state index contributed by atoms with van der Waals surface area (Å²) in [6, 6.07) is 20.1. The molecule has 0 radical (unpaired) electrons. The number of anilines is 1. The number of hydrogen-bond acceptors (Lipinski definition) is 6. The van der Waals surface area contributed by atoms with Crippen LogP contribution in [0.1, 0.15) is 35.1 Å². The number of benzene rings is 3. The Morgan fingerprint density at radius 1 is 1.00 bits per heavy atom. The van der Waals surface area contributed by atoms with Crippen molar-refractivity contribution in [2.24, 2.45) is 0 Å².